The Morgan fingerprint density at radius 1 is 1.33 bits per heavy atom. The van der Waals surface area contributed by atoms with E-state index in [1.807, 2.05) is 29.9 Å². The Bertz CT molecular complexity index is 672. The van der Waals surface area contributed by atoms with E-state index in [4.69, 9.17) is 0 Å². The SMILES string of the molecule is CCC[C@@]1(CO)CN(c2ccc(-c3nccn3C)nn2)CC[C@H]1O. The lowest BCUT2D eigenvalue weighted by molar-refractivity contribution is -0.0353. The van der Waals surface area contributed by atoms with E-state index in [-0.39, 0.29) is 6.61 Å². The van der Waals surface area contributed by atoms with Crippen LogP contribution in [0.3, 0.4) is 0 Å². The number of piperidine rings is 1. The number of aliphatic hydroxyl groups is 2. The predicted octanol–water partition coefficient (Wildman–Crippen LogP) is 1.23. The molecule has 7 nitrogen and oxygen atoms in total. The van der Waals surface area contributed by atoms with Gasteiger partial charge in [-0.05, 0) is 25.0 Å². The summed E-state index contributed by atoms with van der Waals surface area (Å²) in [5, 5.41) is 28.9. The van der Waals surface area contributed by atoms with Gasteiger partial charge in [-0.1, -0.05) is 13.3 Å². The topological polar surface area (TPSA) is 87.3 Å². The molecule has 0 radical (unpaired) electrons. The molecule has 1 fully saturated rings. The Morgan fingerprint density at radius 3 is 2.75 bits per heavy atom. The molecule has 0 aromatic carbocycles. The first-order valence-corrected chi connectivity index (χ1v) is 8.45. The lowest BCUT2D eigenvalue weighted by Gasteiger charge is -2.45. The van der Waals surface area contributed by atoms with Crippen molar-refractivity contribution in [1.29, 1.82) is 0 Å². The maximum atomic E-state index is 10.4. The van der Waals surface area contributed by atoms with Crippen LogP contribution in [0, 0.1) is 5.41 Å². The fourth-order valence-electron chi connectivity index (χ4n) is 3.55. The normalized spacial score (nSPS) is 24.3. The minimum Gasteiger partial charge on any atom is -0.396 e. The number of imidazole rings is 1. The molecule has 1 aliphatic heterocycles. The number of aliphatic hydroxyl groups excluding tert-OH is 2. The highest BCUT2D eigenvalue weighted by Gasteiger charge is 2.42. The van der Waals surface area contributed by atoms with Gasteiger partial charge in [-0.15, -0.1) is 10.2 Å². The average Bonchev–Trinajstić information content (AvgIpc) is 3.03. The molecule has 0 aliphatic carbocycles. The van der Waals surface area contributed by atoms with Crippen LogP contribution in [0.2, 0.25) is 0 Å². The van der Waals surface area contributed by atoms with Gasteiger partial charge in [0.25, 0.3) is 0 Å². The van der Waals surface area contributed by atoms with Crippen LogP contribution in [0.25, 0.3) is 11.5 Å². The number of anilines is 1. The molecule has 3 heterocycles. The molecule has 2 atom stereocenters. The molecular formula is C17H25N5O2. The molecule has 24 heavy (non-hydrogen) atoms. The van der Waals surface area contributed by atoms with Gasteiger partial charge >= 0.3 is 0 Å². The molecule has 2 aromatic heterocycles. The van der Waals surface area contributed by atoms with Crippen molar-refractivity contribution in [2.24, 2.45) is 12.5 Å². The van der Waals surface area contributed by atoms with Gasteiger partial charge < -0.3 is 19.7 Å². The average molecular weight is 331 g/mol. The molecule has 0 amide bonds. The summed E-state index contributed by atoms with van der Waals surface area (Å²) in [6.45, 7) is 3.36. The Hall–Kier alpha value is -1.99. The zero-order valence-corrected chi connectivity index (χ0v) is 14.3. The number of hydrogen-bond donors (Lipinski definition) is 2. The zero-order valence-electron chi connectivity index (χ0n) is 14.3. The number of aryl methyl sites for hydroxylation is 1. The molecule has 1 saturated heterocycles. The molecule has 0 bridgehead atoms. The monoisotopic (exact) mass is 331 g/mol. The van der Waals surface area contributed by atoms with E-state index >= 15 is 0 Å². The van der Waals surface area contributed by atoms with E-state index in [0.29, 0.717) is 19.5 Å². The Kier molecular flexibility index (Phi) is 4.82. The molecular weight excluding hydrogens is 306 g/mol. The third kappa shape index (κ3) is 3.01. The van der Waals surface area contributed by atoms with Gasteiger partial charge in [0.15, 0.2) is 11.6 Å². The summed E-state index contributed by atoms with van der Waals surface area (Å²) < 4.78 is 1.90. The van der Waals surface area contributed by atoms with Crippen LogP contribution >= 0.6 is 0 Å². The standard InChI is InChI=1S/C17H25N5O2/c1-3-7-17(12-23)11-22(9-6-14(17)24)15-5-4-13(19-20-15)16-18-8-10-21(16)2/h4-5,8,10,14,23-24H,3,6-7,9,11-12H2,1-2H3/t14-,17+/m1/s1. The van der Waals surface area contributed by atoms with Gasteiger partial charge in [0, 0.05) is 37.9 Å². The summed E-state index contributed by atoms with van der Waals surface area (Å²) in [7, 11) is 1.92. The van der Waals surface area contributed by atoms with Gasteiger partial charge in [0.1, 0.15) is 5.69 Å². The minimum atomic E-state index is -0.479. The van der Waals surface area contributed by atoms with Crippen molar-refractivity contribution in [3.05, 3.63) is 24.5 Å². The zero-order chi connectivity index (χ0) is 17.2. The Balaban J connectivity index is 1.80. The van der Waals surface area contributed by atoms with Crippen molar-refractivity contribution in [3.63, 3.8) is 0 Å². The van der Waals surface area contributed by atoms with Gasteiger partial charge in [0.05, 0.1) is 12.7 Å². The lowest BCUT2D eigenvalue weighted by Crippen LogP contribution is -2.54. The quantitative estimate of drug-likeness (QED) is 0.857. The Morgan fingerprint density at radius 2 is 2.17 bits per heavy atom. The van der Waals surface area contributed by atoms with Gasteiger partial charge in [0.2, 0.25) is 0 Å². The van der Waals surface area contributed by atoms with Crippen molar-refractivity contribution in [2.75, 3.05) is 24.6 Å². The maximum absolute atomic E-state index is 10.4. The first-order valence-electron chi connectivity index (χ1n) is 8.45. The van der Waals surface area contributed by atoms with Crippen LogP contribution in [-0.4, -0.2) is 55.8 Å². The fraction of sp³-hybridized carbons (Fsp3) is 0.588. The van der Waals surface area contributed by atoms with E-state index < -0.39 is 11.5 Å². The van der Waals surface area contributed by atoms with Gasteiger partial charge in [-0.25, -0.2) is 4.98 Å². The maximum Gasteiger partial charge on any atom is 0.160 e. The smallest absolute Gasteiger partial charge is 0.160 e. The van der Waals surface area contributed by atoms with Crippen molar-refractivity contribution < 1.29 is 10.2 Å². The van der Waals surface area contributed by atoms with Crippen LogP contribution < -0.4 is 4.90 Å². The van der Waals surface area contributed by atoms with Crippen LogP contribution in [0.15, 0.2) is 24.5 Å². The van der Waals surface area contributed by atoms with E-state index in [2.05, 4.69) is 27.0 Å². The first-order chi connectivity index (χ1) is 11.6. The summed E-state index contributed by atoms with van der Waals surface area (Å²) in [4.78, 5) is 6.38. The molecule has 0 saturated carbocycles. The van der Waals surface area contributed by atoms with Gasteiger partial charge in [-0.3, -0.25) is 0 Å². The molecule has 7 heteroatoms. The number of hydrogen-bond acceptors (Lipinski definition) is 6. The van der Waals surface area contributed by atoms with Crippen LogP contribution in [0.1, 0.15) is 26.2 Å². The third-order valence-corrected chi connectivity index (χ3v) is 4.97. The highest BCUT2D eigenvalue weighted by Crippen LogP contribution is 2.36. The molecule has 1 aliphatic rings. The molecule has 2 N–H and O–H groups in total. The van der Waals surface area contributed by atoms with E-state index in [1.54, 1.807) is 6.20 Å². The molecule has 130 valence electrons. The summed E-state index contributed by atoms with van der Waals surface area (Å²) in [5.74, 6) is 1.55. The highest BCUT2D eigenvalue weighted by atomic mass is 16.3. The summed E-state index contributed by atoms with van der Waals surface area (Å²) in [5.41, 5.74) is 0.248. The summed E-state index contributed by atoms with van der Waals surface area (Å²) in [6, 6.07) is 3.85. The minimum absolute atomic E-state index is 0.0166. The number of aromatic nitrogens is 4. The predicted molar refractivity (Wildman–Crippen MR) is 91.5 cm³/mol. The van der Waals surface area contributed by atoms with Crippen LogP contribution in [0.4, 0.5) is 5.82 Å². The second-order valence-corrected chi connectivity index (χ2v) is 6.64. The second-order valence-electron chi connectivity index (χ2n) is 6.64. The van der Waals surface area contributed by atoms with E-state index in [0.717, 1.165) is 30.2 Å². The molecule has 0 unspecified atom stereocenters. The fourth-order valence-corrected chi connectivity index (χ4v) is 3.55. The van der Waals surface area contributed by atoms with E-state index in [1.165, 1.54) is 0 Å². The highest BCUT2D eigenvalue weighted by molar-refractivity contribution is 5.52. The van der Waals surface area contributed by atoms with Gasteiger partial charge in [-0.2, -0.15) is 0 Å². The second kappa shape index (κ2) is 6.86. The van der Waals surface area contributed by atoms with E-state index in [9.17, 15) is 10.2 Å². The Labute approximate surface area is 142 Å². The molecule has 2 aromatic rings. The first kappa shape index (κ1) is 16.9. The van der Waals surface area contributed by atoms with Crippen LogP contribution in [0.5, 0.6) is 0 Å². The van der Waals surface area contributed by atoms with Crippen molar-refractivity contribution >= 4 is 5.82 Å². The van der Waals surface area contributed by atoms with Crippen molar-refractivity contribution in [2.45, 2.75) is 32.3 Å². The number of rotatable bonds is 5. The van der Waals surface area contributed by atoms with Crippen LogP contribution in [-0.2, 0) is 7.05 Å². The molecule has 0 spiro atoms. The number of nitrogens with zero attached hydrogens (tertiary/aromatic N) is 5. The third-order valence-electron chi connectivity index (χ3n) is 4.97. The summed E-state index contributed by atoms with van der Waals surface area (Å²) >= 11 is 0. The largest absolute Gasteiger partial charge is 0.396 e. The lowest BCUT2D eigenvalue weighted by atomic mass is 9.74. The molecule has 3 rings (SSSR count). The van der Waals surface area contributed by atoms with Crippen molar-refractivity contribution in [1.82, 2.24) is 19.7 Å². The van der Waals surface area contributed by atoms with Crippen molar-refractivity contribution in [3.8, 4) is 11.5 Å². The summed E-state index contributed by atoms with van der Waals surface area (Å²) in [6.07, 6.45) is 5.48.